The van der Waals surface area contributed by atoms with Crippen LogP contribution in [0.2, 0.25) is 5.15 Å². The molecule has 0 unspecified atom stereocenters. The zero-order valence-electron chi connectivity index (χ0n) is 25.9. The molecule has 1 aromatic carbocycles. The van der Waals surface area contributed by atoms with Crippen molar-refractivity contribution in [2.45, 2.75) is 52.2 Å². The fourth-order valence-corrected chi connectivity index (χ4v) is 4.63. The number of anilines is 3. The van der Waals surface area contributed by atoms with Crippen molar-refractivity contribution in [3.05, 3.63) is 89.6 Å². The van der Waals surface area contributed by atoms with Gasteiger partial charge in [-0.1, -0.05) is 23.7 Å². The van der Waals surface area contributed by atoms with Gasteiger partial charge in [-0.3, -0.25) is 4.79 Å². The molecule has 0 radical (unpaired) electrons. The van der Waals surface area contributed by atoms with E-state index in [1.54, 1.807) is 47.0 Å². The maximum absolute atomic E-state index is 13.1. The van der Waals surface area contributed by atoms with Gasteiger partial charge >= 0.3 is 0 Å². The van der Waals surface area contributed by atoms with Gasteiger partial charge in [0.2, 0.25) is 5.91 Å². The summed E-state index contributed by atoms with van der Waals surface area (Å²) in [6.45, 7) is 8.03. The molecule has 6 N–H and O–H groups in total. The summed E-state index contributed by atoms with van der Waals surface area (Å²) < 4.78 is 16.6. The molecule has 1 amide bonds. The van der Waals surface area contributed by atoms with Crippen LogP contribution in [0, 0.1) is 5.82 Å². The first-order valence-electron chi connectivity index (χ1n) is 14.5. The van der Waals surface area contributed by atoms with E-state index in [1.165, 1.54) is 12.1 Å². The molecular weight excluding hydrogens is 595 g/mol. The van der Waals surface area contributed by atoms with Gasteiger partial charge in [-0.25, -0.2) is 23.7 Å². The lowest BCUT2D eigenvalue weighted by Crippen LogP contribution is -2.38. The van der Waals surface area contributed by atoms with Gasteiger partial charge in [-0.05, 0) is 76.1 Å². The third kappa shape index (κ3) is 8.64. The largest absolute Gasteiger partial charge is 0.384 e. The van der Waals surface area contributed by atoms with E-state index in [-0.39, 0.29) is 23.8 Å². The molecule has 0 aliphatic carbocycles. The SMILES string of the molecule is CC(C)n1nc(-c2ccnc(Cl)c2)cc1N.CNc1cc(-c2cc(NC(=O)[C@@H](N)Cc3ccc(F)cc3)n(C(C)C)n2)ccn1. The minimum absolute atomic E-state index is 0.0398. The predicted octanol–water partition coefficient (Wildman–Crippen LogP) is 5.98. The summed E-state index contributed by atoms with van der Waals surface area (Å²) >= 11 is 5.83. The molecule has 4 heterocycles. The molecule has 5 rings (SSSR count). The Labute approximate surface area is 266 Å². The van der Waals surface area contributed by atoms with Crippen LogP contribution in [0.3, 0.4) is 0 Å². The number of nitrogens with one attached hydrogen (secondary N) is 2. The number of aromatic nitrogens is 6. The number of carbonyl (C=O) groups excluding carboxylic acids is 1. The van der Waals surface area contributed by atoms with Crippen LogP contribution < -0.4 is 22.1 Å². The lowest BCUT2D eigenvalue weighted by atomic mass is 10.1. The van der Waals surface area contributed by atoms with Crippen LogP contribution in [0.25, 0.3) is 22.5 Å². The van der Waals surface area contributed by atoms with Gasteiger partial charge in [-0.2, -0.15) is 10.2 Å². The molecule has 0 saturated heterocycles. The van der Waals surface area contributed by atoms with Crippen LogP contribution in [-0.4, -0.2) is 48.5 Å². The van der Waals surface area contributed by atoms with E-state index >= 15 is 0 Å². The van der Waals surface area contributed by atoms with Crippen molar-refractivity contribution >= 4 is 35.0 Å². The molecule has 0 fully saturated rings. The van der Waals surface area contributed by atoms with Gasteiger partial charge in [0.05, 0.1) is 17.4 Å². The highest BCUT2D eigenvalue weighted by atomic mass is 35.5. The van der Waals surface area contributed by atoms with Gasteiger partial charge < -0.3 is 22.1 Å². The molecule has 0 aliphatic rings. The number of rotatable bonds is 9. The van der Waals surface area contributed by atoms with Gasteiger partial charge in [0.15, 0.2) is 0 Å². The summed E-state index contributed by atoms with van der Waals surface area (Å²) in [6, 6.07) is 16.5. The fraction of sp³-hybridized carbons (Fsp3) is 0.281. The maximum Gasteiger partial charge on any atom is 0.242 e. The number of amides is 1. The number of hydrogen-bond acceptors (Lipinski definition) is 8. The Morgan fingerprint density at radius 1 is 0.889 bits per heavy atom. The van der Waals surface area contributed by atoms with Gasteiger partial charge in [0, 0.05) is 54.8 Å². The molecule has 236 valence electrons. The minimum Gasteiger partial charge on any atom is -0.384 e. The van der Waals surface area contributed by atoms with E-state index in [1.807, 2.05) is 58.0 Å². The number of hydrogen-bond donors (Lipinski definition) is 4. The van der Waals surface area contributed by atoms with Crippen LogP contribution in [-0.2, 0) is 11.2 Å². The number of nitrogen functional groups attached to an aromatic ring is 1. The standard InChI is InChI=1S/C21H25FN6O.C11H13ClN4/c1-13(2)28-20(12-18(27-28)15-8-9-25-19(11-15)24-3)26-21(29)17(23)10-14-4-6-16(22)7-5-14;1-7(2)16-11(13)6-9(15-16)8-3-4-14-10(12)5-8/h4-9,11-13,17H,10,23H2,1-3H3,(H,24,25)(H,26,29);3-7H,13H2,1-2H3/t17-;/m0./s1. The molecule has 45 heavy (non-hydrogen) atoms. The van der Waals surface area contributed by atoms with E-state index < -0.39 is 6.04 Å². The van der Waals surface area contributed by atoms with E-state index in [0.29, 0.717) is 23.2 Å². The van der Waals surface area contributed by atoms with E-state index in [2.05, 4.69) is 30.8 Å². The Kier molecular flexibility index (Phi) is 10.9. The second-order valence-electron chi connectivity index (χ2n) is 10.9. The number of carbonyl (C=O) groups is 1. The minimum atomic E-state index is -0.767. The van der Waals surface area contributed by atoms with E-state index in [9.17, 15) is 9.18 Å². The molecule has 1 atom stereocenters. The monoisotopic (exact) mass is 632 g/mol. The van der Waals surface area contributed by atoms with Crippen LogP contribution in [0.5, 0.6) is 0 Å². The summed E-state index contributed by atoms with van der Waals surface area (Å²) in [5.74, 6) is 1.30. The third-order valence-corrected chi connectivity index (χ3v) is 6.98. The smallest absolute Gasteiger partial charge is 0.242 e. The van der Waals surface area contributed by atoms with Crippen LogP contribution in [0.1, 0.15) is 45.3 Å². The van der Waals surface area contributed by atoms with Crippen molar-refractivity contribution in [2.75, 3.05) is 23.4 Å². The number of nitrogens with zero attached hydrogens (tertiary/aromatic N) is 6. The number of pyridine rings is 2. The first-order valence-corrected chi connectivity index (χ1v) is 14.8. The molecular formula is C32H38ClFN10O. The lowest BCUT2D eigenvalue weighted by Gasteiger charge is -2.15. The highest BCUT2D eigenvalue weighted by Gasteiger charge is 2.19. The van der Waals surface area contributed by atoms with Gasteiger partial charge in [0.1, 0.15) is 28.4 Å². The molecule has 0 spiro atoms. The first-order chi connectivity index (χ1) is 21.4. The molecule has 0 bridgehead atoms. The second kappa shape index (κ2) is 14.8. The average Bonchev–Trinajstić information content (AvgIpc) is 3.62. The second-order valence-corrected chi connectivity index (χ2v) is 11.3. The number of halogens is 2. The molecule has 5 aromatic rings. The summed E-state index contributed by atoms with van der Waals surface area (Å²) in [5, 5.41) is 15.4. The van der Waals surface area contributed by atoms with Crippen molar-refractivity contribution in [3.8, 4) is 22.5 Å². The Bertz CT molecular complexity index is 1730. The van der Waals surface area contributed by atoms with Crippen molar-refractivity contribution in [1.29, 1.82) is 0 Å². The van der Waals surface area contributed by atoms with Crippen LogP contribution in [0.15, 0.2) is 73.1 Å². The number of nitrogens with two attached hydrogens (primary N) is 2. The van der Waals surface area contributed by atoms with Crippen LogP contribution in [0.4, 0.5) is 21.8 Å². The molecule has 4 aromatic heterocycles. The van der Waals surface area contributed by atoms with E-state index in [0.717, 1.165) is 33.9 Å². The topological polar surface area (TPSA) is 155 Å². The normalized spacial score (nSPS) is 11.7. The van der Waals surface area contributed by atoms with Crippen molar-refractivity contribution in [3.63, 3.8) is 0 Å². The first kappa shape index (κ1) is 33.1. The quantitative estimate of drug-likeness (QED) is 0.145. The van der Waals surface area contributed by atoms with Crippen molar-refractivity contribution in [1.82, 2.24) is 29.5 Å². The fourth-order valence-electron chi connectivity index (χ4n) is 4.46. The highest BCUT2D eigenvalue weighted by molar-refractivity contribution is 6.29. The predicted molar refractivity (Wildman–Crippen MR) is 177 cm³/mol. The van der Waals surface area contributed by atoms with Gasteiger partial charge in [-0.15, -0.1) is 0 Å². The number of benzene rings is 1. The maximum atomic E-state index is 13.1. The molecule has 0 saturated carbocycles. The molecule has 0 aliphatic heterocycles. The Morgan fingerprint density at radius 2 is 1.49 bits per heavy atom. The summed E-state index contributed by atoms with van der Waals surface area (Å²) in [4.78, 5) is 20.8. The summed E-state index contributed by atoms with van der Waals surface area (Å²) in [6.07, 6.45) is 3.67. The zero-order chi connectivity index (χ0) is 32.7. The van der Waals surface area contributed by atoms with Crippen LogP contribution >= 0.6 is 11.6 Å². The Morgan fingerprint density at radius 3 is 2.09 bits per heavy atom. The molecule has 11 nitrogen and oxygen atoms in total. The van der Waals surface area contributed by atoms with E-state index in [4.69, 9.17) is 23.1 Å². The van der Waals surface area contributed by atoms with Crippen molar-refractivity contribution < 1.29 is 9.18 Å². The summed E-state index contributed by atoms with van der Waals surface area (Å²) in [5.41, 5.74) is 16.1. The van der Waals surface area contributed by atoms with Crippen molar-refractivity contribution in [2.24, 2.45) is 5.73 Å². The summed E-state index contributed by atoms with van der Waals surface area (Å²) in [7, 11) is 1.80. The Hall–Kier alpha value is -4.81. The molecule has 13 heteroatoms. The third-order valence-electron chi connectivity index (χ3n) is 6.77. The average molecular weight is 633 g/mol. The zero-order valence-corrected chi connectivity index (χ0v) is 26.6. The lowest BCUT2D eigenvalue weighted by molar-refractivity contribution is -0.117. The Balaban J connectivity index is 0.000000242. The van der Waals surface area contributed by atoms with Gasteiger partial charge in [0.25, 0.3) is 0 Å². The highest BCUT2D eigenvalue weighted by Crippen LogP contribution is 2.26.